The summed E-state index contributed by atoms with van der Waals surface area (Å²) in [6.45, 7) is 3.91. The van der Waals surface area contributed by atoms with E-state index in [0.29, 0.717) is 11.1 Å². The Bertz CT molecular complexity index is 633. The van der Waals surface area contributed by atoms with E-state index in [-0.39, 0.29) is 5.78 Å². The Balaban J connectivity index is 2.41. The van der Waals surface area contributed by atoms with Crippen LogP contribution in [-0.4, -0.2) is 12.9 Å². The van der Waals surface area contributed by atoms with Crippen LogP contribution in [0, 0.1) is 13.8 Å². The van der Waals surface area contributed by atoms with Gasteiger partial charge in [0, 0.05) is 15.6 Å². The molecular weight excluding hydrogens is 304 g/mol. The smallest absolute Gasteiger partial charge is 0.193 e. The second-order valence-electron chi connectivity index (χ2n) is 4.47. The maximum Gasteiger partial charge on any atom is 0.193 e. The Morgan fingerprint density at radius 3 is 2.37 bits per heavy atom. The molecule has 2 aromatic rings. The highest BCUT2D eigenvalue weighted by Gasteiger charge is 2.13. The fourth-order valence-corrected chi connectivity index (χ4v) is 2.29. The summed E-state index contributed by atoms with van der Waals surface area (Å²) in [6, 6.07) is 11.1. The molecule has 0 bridgehead atoms. The first-order valence-corrected chi connectivity index (χ1v) is 6.77. The Morgan fingerprint density at radius 2 is 1.79 bits per heavy atom. The van der Waals surface area contributed by atoms with E-state index in [4.69, 9.17) is 4.74 Å². The molecule has 0 aliphatic rings. The van der Waals surface area contributed by atoms with Crippen LogP contribution in [-0.2, 0) is 0 Å². The van der Waals surface area contributed by atoms with E-state index in [9.17, 15) is 4.79 Å². The maximum absolute atomic E-state index is 12.5. The number of rotatable bonds is 3. The molecule has 0 radical (unpaired) electrons. The summed E-state index contributed by atoms with van der Waals surface area (Å²) < 4.78 is 6.10. The van der Waals surface area contributed by atoms with Crippen molar-refractivity contribution in [3.8, 4) is 5.75 Å². The zero-order valence-corrected chi connectivity index (χ0v) is 12.7. The SMILES string of the molecule is COc1ccc(C(=O)c2ccc(C)c(Br)c2)c(C)c1. The first-order chi connectivity index (χ1) is 9.02. The lowest BCUT2D eigenvalue weighted by Crippen LogP contribution is -2.04. The molecule has 0 spiro atoms. The standard InChI is InChI=1S/C16H15BrO2/c1-10-4-5-12(9-15(10)17)16(18)14-7-6-13(19-3)8-11(14)2/h4-9H,1-3H3. The van der Waals surface area contributed by atoms with E-state index in [2.05, 4.69) is 15.9 Å². The van der Waals surface area contributed by atoms with E-state index < -0.39 is 0 Å². The zero-order valence-electron chi connectivity index (χ0n) is 11.2. The van der Waals surface area contributed by atoms with Gasteiger partial charge in [0.2, 0.25) is 0 Å². The van der Waals surface area contributed by atoms with Gasteiger partial charge in [-0.25, -0.2) is 0 Å². The van der Waals surface area contributed by atoms with Gasteiger partial charge in [-0.15, -0.1) is 0 Å². The quantitative estimate of drug-likeness (QED) is 0.788. The number of hydrogen-bond acceptors (Lipinski definition) is 2. The van der Waals surface area contributed by atoms with Crippen molar-refractivity contribution < 1.29 is 9.53 Å². The summed E-state index contributed by atoms with van der Waals surface area (Å²) in [6.07, 6.45) is 0. The largest absolute Gasteiger partial charge is 0.497 e. The van der Waals surface area contributed by atoms with Gasteiger partial charge in [0.25, 0.3) is 0 Å². The molecule has 0 heterocycles. The van der Waals surface area contributed by atoms with Gasteiger partial charge in [-0.1, -0.05) is 28.1 Å². The van der Waals surface area contributed by atoms with Gasteiger partial charge in [-0.3, -0.25) is 4.79 Å². The van der Waals surface area contributed by atoms with E-state index in [1.165, 1.54) is 0 Å². The lowest BCUT2D eigenvalue weighted by molar-refractivity contribution is 0.103. The van der Waals surface area contributed by atoms with Gasteiger partial charge in [-0.2, -0.15) is 0 Å². The average Bonchev–Trinajstić information content (AvgIpc) is 2.41. The lowest BCUT2D eigenvalue weighted by atomic mass is 9.98. The summed E-state index contributed by atoms with van der Waals surface area (Å²) in [5, 5.41) is 0. The second-order valence-corrected chi connectivity index (χ2v) is 5.33. The average molecular weight is 319 g/mol. The number of ether oxygens (including phenoxy) is 1. The topological polar surface area (TPSA) is 26.3 Å². The molecule has 2 rings (SSSR count). The molecule has 2 nitrogen and oxygen atoms in total. The minimum atomic E-state index is 0.0286. The summed E-state index contributed by atoms with van der Waals surface area (Å²) in [5.41, 5.74) is 3.42. The van der Waals surface area contributed by atoms with Crippen molar-refractivity contribution in [3.63, 3.8) is 0 Å². The molecule has 98 valence electrons. The molecule has 0 aliphatic heterocycles. The summed E-state index contributed by atoms with van der Waals surface area (Å²) in [5.74, 6) is 0.792. The highest BCUT2D eigenvalue weighted by molar-refractivity contribution is 9.10. The fraction of sp³-hybridized carbons (Fsp3) is 0.188. The third-order valence-electron chi connectivity index (χ3n) is 3.11. The number of aryl methyl sites for hydroxylation is 2. The Kier molecular flexibility index (Phi) is 4.05. The van der Waals surface area contributed by atoms with Crippen LogP contribution < -0.4 is 4.74 Å². The molecule has 0 atom stereocenters. The number of carbonyl (C=O) groups excluding carboxylic acids is 1. The number of carbonyl (C=O) groups is 1. The van der Waals surface area contributed by atoms with E-state index in [0.717, 1.165) is 21.3 Å². The van der Waals surface area contributed by atoms with E-state index in [1.807, 2.05) is 50.2 Å². The van der Waals surface area contributed by atoms with Gasteiger partial charge in [0.1, 0.15) is 5.75 Å². The van der Waals surface area contributed by atoms with Crippen LogP contribution in [0.25, 0.3) is 0 Å². The van der Waals surface area contributed by atoms with Gasteiger partial charge in [-0.05, 0) is 49.2 Å². The summed E-state index contributed by atoms with van der Waals surface area (Å²) in [4.78, 5) is 12.5. The number of halogens is 1. The van der Waals surface area contributed by atoms with Crippen molar-refractivity contribution in [1.29, 1.82) is 0 Å². The Labute approximate surface area is 121 Å². The van der Waals surface area contributed by atoms with Crippen LogP contribution in [0.4, 0.5) is 0 Å². The number of hydrogen-bond donors (Lipinski definition) is 0. The van der Waals surface area contributed by atoms with Crippen molar-refractivity contribution in [3.05, 3.63) is 63.1 Å². The Hall–Kier alpha value is -1.61. The first kappa shape index (κ1) is 13.8. The minimum Gasteiger partial charge on any atom is -0.497 e. The Morgan fingerprint density at radius 1 is 1.05 bits per heavy atom. The molecule has 0 saturated heterocycles. The van der Waals surface area contributed by atoms with Gasteiger partial charge >= 0.3 is 0 Å². The zero-order chi connectivity index (χ0) is 14.0. The highest BCUT2D eigenvalue weighted by Crippen LogP contribution is 2.23. The predicted molar refractivity (Wildman–Crippen MR) is 80.0 cm³/mol. The van der Waals surface area contributed by atoms with E-state index in [1.54, 1.807) is 7.11 Å². The highest BCUT2D eigenvalue weighted by atomic mass is 79.9. The van der Waals surface area contributed by atoms with Crippen molar-refractivity contribution in [2.45, 2.75) is 13.8 Å². The maximum atomic E-state index is 12.5. The third-order valence-corrected chi connectivity index (χ3v) is 3.97. The van der Waals surface area contributed by atoms with Gasteiger partial charge in [0.05, 0.1) is 7.11 Å². The van der Waals surface area contributed by atoms with Crippen LogP contribution in [0.2, 0.25) is 0 Å². The molecule has 19 heavy (non-hydrogen) atoms. The van der Waals surface area contributed by atoms with Crippen LogP contribution in [0.3, 0.4) is 0 Å². The molecule has 0 saturated carbocycles. The normalized spacial score (nSPS) is 10.3. The molecule has 2 aromatic carbocycles. The summed E-state index contributed by atoms with van der Waals surface area (Å²) in [7, 11) is 1.62. The molecule has 3 heteroatoms. The monoisotopic (exact) mass is 318 g/mol. The number of benzene rings is 2. The first-order valence-electron chi connectivity index (χ1n) is 5.98. The number of methoxy groups -OCH3 is 1. The van der Waals surface area contributed by atoms with Crippen molar-refractivity contribution in [2.75, 3.05) is 7.11 Å². The molecule has 0 amide bonds. The fourth-order valence-electron chi connectivity index (χ4n) is 1.91. The number of ketones is 1. The third kappa shape index (κ3) is 2.87. The van der Waals surface area contributed by atoms with Crippen molar-refractivity contribution in [1.82, 2.24) is 0 Å². The van der Waals surface area contributed by atoms with Crippen LogP contribution >= 0.6 is 15.9 Å². The van der Waals surface area contributed by atoms with E-state index >= 15 is 0 Å². The molecular formula is C16H15BrO2. The van der Waals surface area contributed by atoms with Crippen LogP contribution in [0.5, 0.6) is 5.75 Å². The van der Waals surface area contributed by atoms with Crippen molar-refractivity contribution in [2.24, 2.45) is 0 Å². The van der Waals surface area contributed by atoms with Crippen molar-refractivity contribution >= 4 is 21.7 Å². The van der Waals surface area contributed by atoms with Crippen LogP contribution in [0.15, 0.2) is 40.9 Å². The predicted octanol–water partition coefficient (Wildman–Crippen LogP) is 4.31. The van der Waals surface area contributed by atoms with Crippen LogP contribution in [0.1, 0.15) is 27.0 Å². The molecule has 0 unspecified atom stereocenters. The second kappa shape index (κ2) is 5.57. The lowest BCUT2D eigenvalue weighted by Gasteiger charge is -2.08. The van der Waals surface area contributed by atoms with Gasteiger partial charge < -0.3 is 4.74 Å². The summed E-state index contributed by atoms with van der Waals surface area (Å²) >= 11 is 3.46. The minimum absolute atomic E-state index is 0.0286. The molecule has 0 aliphatic carbocycles. The van der Waals surface area contributed by atoms with Gasteiger partial charge in [0.15, 0.2) is 5.78 Å². The molecule has 0 N–H and O–H groups in total. The molecule has 0 fully saturated rings. The molecule has 0 aromatic heterocycles.